The fourth-order valence-electron chi connectivity index (χ4n) is 1.89. The minimum atomic E-state index is -0.569. The van der Waals surface area contributed by atoms with E-state index in [1.807, 2.05) is 4.90 Å². The molecular weight excluding hydrogens is 222 g/mol. The van der Waals surface area contributed by atoms with E-state index >= 15 is 0 Å². The van der Waals surface area contributed by atoms with Gasteiger partial charge in [0.1, 0.15) is 17.8 Å². The molecule has 0 bridgehead atoms. The number of primary amides is 1. The summed E-state index contributed by atoms with van der Waals surface area (Å²) in [4.78, 5) is 20.9. The van der Waals surface area contributed by atoms with Crippen molar-refractivity contribution < 1.29 is 9.53 Å². The fourth-order valence-corrected chi connectivity index (χ4v) is 1.89. The third kappa shape index (κ3) is 2.34. The van der Waals surface area contributed by atoms with Crippen LogP contribution in [0.25, 0.3) is 0 Å². The standard InChI is InChI=1S/C10H15N5O2/c1-17-8-4-15(3-6(8)11)9-2-7(10(12)16)13-5-14-9/h2,5-6,8H,3-4,11H2,1H3,(H2,12,16)/t6-,8+/m0/s1. The largest absolute Gasteiger partial charge is 0.378 e. The summed E-state index contributed by atoms with van der Waals surface area (Å²) < 4.78 is 5.25. The van der Waals surface area contributed by atoms with Crippen LogP contribution in [-0.4, -0.2) is 48.2 Å². The van der Waals surface area contributed by atoms with Gasteiger partial charge in [0.15, 0.2) is 0 Å². The average Bonchev–Trinajstić information content (AvgIpc) is 2.71. The van der Waals surface area contributed by atoms with Crippen LogP contribution < -0.4 is 16.4 Å². The predicted molar refractivity (Wildman–Crippen MR) is 61.5 cm³/mol. The zero-order valence-electron chi connectivity index (χ0n) is 9.54. The van der Waals surface area contributed by atoms with Gasteiger partial charge < -0.3 is 21.1 Å². The van der Waals surface area contributed by atoms with E-state index in [9.17, 15) is 4.79 Å². The van der Waals surface area contributed by atoms with E-state index in [4.69, 9.17) is 16.2 Å². The van der Waals surface area contributed by atoms with Gasteiger partial charge >= 0.3 is 0 Å². The maximum Gasteiger partial charge on any atom is 0.267 e. The number of nitrogens with two attached hydrogens (primary N) is 2. The third-order valence-electron chi connectivity index (χ3n) is 2.84. The molecule has 0 aliphatic carbocycles. The van der Waals surface area contributed by atoms with Gasteiger partial charge in [0.25, 0.3) is 5.91 Å². The molecule has 4 N–H and O–H groups in total. The summed E-state index contributed by atoms with van der Waals surface area (Å²) in [7, 11) is 1.63. The summed E-state index contributed by atoms with van der Waals surface area (Å²) >= 11 is 0. The lowest BCUT2D eigenvalue weighted by Gasteiger charge is -2.16. The Balaban J connectivity index is 2.18. The molecule has 1 aliphatic heterocycles. The Hall–Kier alpha value is -1.73. The van der Waals surface area contributed by atoms with E-state index in [2.05, 4.69) is 9.97 Å². The Morgan fingerprint density at radius 3 is 2.88 bits per heavy atom. The van der Waals surface area contributed by atoms with Gasteiger partial charge in [-0.25, -0.2) is 9.97 Å². The number of anilines is 1. The highest BCUT2D eigenvalue weighted by molar-refractivity contribution is 5.91. The molecule has 1 amide bonds. The number of carbonyl (C=O) groups is 1. The maximum atomic E-state index is 11.0. The first-order valence-electron chi connectivity index (χ1n) is 5.27. The van der Waals surface area contributed by atoms with Crippen LogP contribution in [0.15, 0.2) is 12.4 Å². The second-order valence-electron chi connectivity index (χ2n) is 3.97. The van der Waals surface area contributed by atoms with Crippen molar-refractivity contribution in [2.45, 2.75) is 12.1 Å². The Morgan fingerprint density at radius 2 is 2.29 bits per heavy atom. The van der Waals surface area contributed by atoms with Gasteiger partial charge in [-0.05, 0) is 0 Å². The molecule has 92 valence electrons. The van der Waals surface area contributed by atoms with Crippen molar-refractivity contribution in [1.82, 2.24) is 9.97 Å². The highest BCUT2D eigenvalue weighted by atomic mass is 16.5. The number of nitrogens with zero attached hydrogens (tertiary/aromatic N) is 3. The van der Waals surface area contributed by atoms with Crippen LogP contribution in [0.5, 0.6) is 0 Å². The summed E-state index contributed by atoms with van der Waals surface area (Å²) in [6, 6.07) is 1.50. The first-order chi connectivity index (χ1) is 8.11. The van der Waals surface area contributed by atoms with Crippen molar-refractivity contribution in [1.29, 1.82) is 0 Å². The molecule has 0 saturated carbocycles. The molecule has 0 aromatic carbocycles. The van der Waals surface area contributed by atoms with E-state index in [1.54, 1.807) is 13.2 Å². The maximum absolute atomic E-state index is 11.0. The first kappa shape index (κ1) is 11.7. The van der Waals surface area contributed by atoms with Crippen LogP contribution in [0.3, 0.4) is 0 Å². The molecule has 2 atom stereocenters. The molecule has 7 nitrogen and oxygen atoms in total. The smallest absolute Gasteiger partial charge is 0.267 e. The predicted octanol–water partition coefficient (Wildman–Crippen LogP) is -1.26. The third-order valence-corrected chi connectivity index (χ3v) is 2.84. The molecular formula is C10H15N5O2. The lowest BCUT2D eigenvalue weighted by molar-refractivity contribution is 0.0995. The van der Waals surface area contributed by atoms with Crippen LogP contribution in [0.2, 0.25) is 0 Å². The Kier molecular flexibility index (Phi) is 3.21. The van der Waals surface area contributed by atoms with Gasteiger partial charge in [-0.15, -0.1) is 0 Å². The lowest BCUT2D eigenvalue weighted by atomic mass is 10.2. The fraction of sp³-hybridized carbons (Fsp3) is 0.500. The zero-order valence-corrected chi connectivity index (χ0v) is 9.54. The highest BCUT2D eigenvalue weighted by Crippen LogP contribution is 2.18. The number of carbonyl (C=O) groups excluding carboxylic acids is 1. The molecule has 1 aliphatic rings. The highest BCUT2D eigenvalue weighted by Gasteiger charge is 2.31. The number of ether oxygens (including phenoxy) is 1. The molecule has 1 saturated heterocycles. The van der Waals surface area contributed by atoms with Crippen molar-refractivity contribution in [2.24, 2.45) is 11.5 Å². The second kappa shape index (κ2) is 4.64. The Bertz CT molecular complexity index is 425. The van der Waals surface area contributed by atoms with Gasteiger partial charge in [-0.3, -0.25) is 4.79 Å². The number of amides is 1. The van der Waals surface area contributed by atoms with E-state index in [1.165, 1.54) is 6.33 Å². The van der Waals surface area contributed by atoms with E-state index in [0.717, 1.165) is 0 Å². The minimum absolute atomic E-state index is 0.0259. The number of hydrogen-bond acceptors (Lipinski definition) is 6. The number of rotatable bonds is 3. The van der Waals surface area contributed by atoms with Gasteiger partial charge in [0.05, 0.1) is 12.1 Å². The van der Waals surface area contributed by atoms with Gasteiger partial charge in [-0.1, -0.05) is 0 Å². The monoisotopic (exact) mass is 237 g/mol. The van der Waals surface area contributed by atoms with Crippen molar-refractivity contribution in [3.05, 3.63) is 18.1 Å². The van der Waals surface area contributed by atoms with Crippen LogP contribution in [0.4, 0.5) is 5.82 Å². The molecule has 1 aromatic rings. The summed E-state index contributed by atoms with van der Waals surface area (Å²) in [5.41, 5.74) is 11.3. The molecule has 17 heavy (non-hydrogen) atoms. The van der Waals surface area contributed by atoms with E-state index < -0.39 is 5.91 Å². The summed E-state index contributed by atoms with van der Waals surface area (Å²) in [6.07, 6.45) is 1.29. The summed E-state index contributed by atoms with van der Waals surface area (Å²) in [5.74, 6) is 0.0734. The normalized spacial score (nSPS) is 24.0. The minimum Gasteiger partial charge on any atom is -0.378 e. The molecule has 7 heteroatoms. The SMILES string of the molecule is CO[C@@H]1CN(c2cc(C(N)=O)ncn2)C[C@@H]1N. The molecule has 2 heterocycles. The number of hydrogen-bond donors (Lipinski definition) is 2. The molecule has 0 spiro atoms. The van der Waals surface area contributed by atoms with E-state index in [0.29, 0.717) is 18.9 Å². The topological polar surface area (TPSA) is 107 Å². The molecule has 1 aromatic heterocycles. The van der Waals surface area contributed by atoms with Gasteiger partial charge in [-0.2, -0.15) is 0 Å². The summed E-state index contributed by atoms with van der Waals surface area (Å²) in [5, 5.41) is 0. The van der Waals surface area contributed by atoms with Crippen LogP contribution >= 0.6 is 0 Å². The number of aromatic nitrogens is 2. The van der Waals surface area contributed by atoms with Crippen LogP contribution in [0, 0.1) is 0 Å². The molecule has 2 rings (SSSR count). The molecule has 1 fully saturated rings. The average molecular weight is 237 g/mol. The van der Waals surface area contributed by atoms with Crippen molar-refractivity contribution >= 4 is 11.7 Å². The number of methoxy groups -OCH3 is 1. The Labute approximate surface area is 98.8 Å². The summed E-state index contributed by atoms with van der Waals surface area (Å²) in [6.45, 7) is 1.28. The zero-order chi connectivity index (χ0) is 12.4. The van der Waals surface area contributed by atoms with Crippen LogP contribution in [-0.2, 0) is 4.74 Å². The van der Waals surface area contributed by atoms with Crippen LogP contribution in [0.1, 0.15) is 10.5 Å². The first-order valence-corrected chi connectivity index (χ1v) is 5.27. The molecule has 0 unspecified atom stereocenters. The van der Waals surface area contributed by atoms with E-state index in [-0.39, 0.29) is 17.8 Å². The van der Waals surface area contributed by atoms with Crippen molar-refractivity contribution in [3.63, 3.8) is 0 Å². The van der Waals surface area contributed by atoms with Gasteiger partial charge in [0.2, 0.25) is 0 Å². The van der Waals surface area contributed by atoms with Crippen molar-refractivity contribution in [3.8, 4) is 0 Å². The second-order valence-corrected chi connectivity index (χ2v) is 3.97. The molecule has 0 radical (unpaired) electrons. The van der Waals surface area contributed by atoms with Crippen molar-refractivity contribution in [2.75, 3.05) is 25.1 Å². The lowest BCUT2D eigenvalue weighted by Crippen LogP contribution is -2.34. The Morgan fingerprint density at radius 1 is 1.53 bits per heavy atom. The van der Waals surface area contributed by atoms with Gasteiger partial charge in [0, 0.05) is 26.3 Å². The quantitative estimate of drug-likeness (QED) is 0.679.